The highest BCUT2D eigenvalue weighted by Gasteiger charge is 2.30. The molecule has 2 atom stereocenters. The first-order valence-electron chi connectivity index (χ1n) is 7.49. The molecule has 1 N–H and O–H groups in total. The second-order valence-corrected chi connectivity index (χ2v) is 7.54. The average molecular weight is 346 g/mol. The van der Waals surface area contributed by atoms with Crippen molar-refractivity contribution in [2.75, 3.05) is 6.54 Å². The Bertz CT molecular complexity index is 674. The molecule has 0 unspecified atom stereocenters. The smallest absolute Gasteiger partial charge is 0.241 e. The number of nitrogens with one attached hydrogen (secondary N) is 1. The number of sulfonamides is 1. The van der Waals surface area contributed by atoms with Crippen molar-refractivity contribution in [2.45, 2.75) is 50.1 Å². The first-order valence-corrected chi connectivity index (χ1v) is 8.98. The van der Waals surface area contributed by atoms with Crippen LogP contribution in [0, 0.1) is 11.6 Å². The van der Waals surface area contributed by atoms with Crippen molar-refractivity contribution in [1.29, 1.82) is 0 Å². The Kier molecular flexibility index (Phi) is 5.36. The highest BCUT2D eigenvalue weighted by molar-refractivity contribution is 7.89. The number of rotatable bonds is 4. The predicted octanol–water partition coefficient (Wildman–Crippen LogP) is 2.03. The van der Waals surface area contributed by atoms with E-state index in [2.05, 4.69) is 4.72 Å². The normalized spacial score (nSPS) is 20.3. The quantitative estimate of drug-likeness (QED) is 0.907. The van der Waals surface area contributed by atoms with Crippen LogP contribution in [0.5, 0.6) is 0 Å². The van der Waals surface area contributed by atoms with E-state index in [0.717, 1.165) is 19.3 Å². The second kappa shape index (κ2) is 6.92. The largest absolute Gasteiger partial charge is 0.339 e. The molecule has 1 aromatic rings. The first-order chi connectivity index (χ1) is 10.7. The lowest BCUT2D eigenvalue weighted by molar-refractivity contribution is -0.135. The number of carbonyl (C=O) groups is 1. The number of halogens is 2. The van der Waals surface area contributed by atoms with Crippen LogP contribution in [0.3, 0.4) is 0 Å². The standard InChI is InChI=1S/C15H20F2N2O3S/c1-10-5-3-4-6-19(10)15(20)11(2)18-23(21,22)14-8-12(16)7-13(17)9-14/h7-11,18H,3-6H2,1-2H3/t10-,11-/m0/s1. The maximum atomic E-state index is 13.2. The Morgan fingerprint density at radius 2 is 1.87 bits per heavy atom. The molecule has 0 radical (unpaired) electrons. The minimum Gasteiger partial charge on any atom is -0.339 e. The Morgan fingerprint density at radius 3 is 2.43 bits per heavy atom. The van der Waals surface area contributed by atoms with E-state index in [9.17, 15) is 22.0 Å². The summed E-state index contributed by atoms with van der Waals surface area (Å²) in [6, 6.07) is 1.06. The number of hydrogen-bond donors (Lipinski definition) is 1. The van der Waals surface area contributed by atoms with Gasteiger partial charge in [0.15, 0.2) is 0 Å². The summed E-state index contributed by atoms with van der Waals surface area (Å²) < 4.78 is 53.0. The molecule has 0 aliphatic carbocycles. The summed E-state index contributed by atoms with van der Waals surface area (Å²) >= 11 is 0. The number of hydrogen-bond acceptors (Lipinski definition) is 3. The molecule has 1 fully saturated rings. The third kappa shape index (κ3) is 4.26. The van der Waals surface area contributed by atoms with Gasteiger partial charge in [0.2, 0.25) is 15.9 Å². The lowest BCUT2D eigenvalue weighted by Crippen LogP contribution is -2.51. The van der Waals surface area contributed by atoms with Crippen molar-refractivity contribution in [2.24, 2.45) is 0 Å². The molecule has 1 aliphatic heterocycles. The van der Waals surface area contributed by atoms with Crippen LogP contribution >= 0.6 is 0 Å². The number of likely N-dealkylation sites (tertiary alicyclic amines) is 1. The molecular formula is C15H20F2N2O3S. The van der Waals surface area contributed by atoms with Gasteiger partial charge in [0.05, 0.1) is 10.9 Å². The number of nitrogens with zero attached hydrogens (tertiary/aromatic N) is 1. The van der Waals surface area contributed by atoms with Crippen LogP contribution in [0.15, 0.2) is 23.1 Å². The minimum atomic E-state index is -4.18. The van der Waals surface area contributed by atoms with Crippen molar-refractivity contribution in [3.05, 3.63) is 29.8 Å². The molecule has 0 saturated carbocycles. The van der Waals surface area contributed by atoms with Gasteiger partial charge in [0.1, 0.15) is 11.6 Å². The molecule has 0 bridgehead atoms. The number of carbonyl (C=O) groups excluding carboxylic acids is 1. The van der Waals surface area contributed by atoms with E-state index in [-0.39, 0.29) is 11.9 Å². The maximum absolute atomic E-state index is 13.2. The fraction of sp³-hybridized carbons (Fsp3) is 0.533. The average Bonchev–Trinajstić information content (AvgIpc) is 2.45. The monoisotopic (exact) mass is 346 g/mol. The lowest BCUT2D eigenvalue weighted by Gasteiger charge is -2.35. The molecule has 0 aromatic heterocycles. The number of benzene rings is 1. The molecule has 2 rings (SSSR count). The van der Waals surface area contributed by atoms with E-state index >= 15 is 0 Å². The van der Waals surface area contributed by atoms with Crippen LogP contribution in [-0.4, -0.2) is 37.9 Å². The van der Waals surface area contributed by atoms with Crippen LogP contribution in [-0.2, 0) is 14.8 Å². The van der Waals surface area contributed by atoms with Gasteiger partial charge in [-0.15, -0.1) is 0 Å². The molecule has 1 heterocycles. The van der Waals surface area contributed by atoms with Crippen LogP contribution < -0.4 is 4.72 Å². The van der Waals surface area contributed by atoms with Crippen LogP contribution in [0.4, 0.5) is 8.78 Å². The SMILES string of the molecule is C[C@H](NS(=O)(=O)c1cc(F)cc(F)c1)C(=O)N1CCCC[C@@H]1C. The van der Waals surface area contributed by atoms with E-state index in [1.807, 2.05) is 6.92 Å². The molecule has 0 spiro atoms. The summed E-state index contributed by atoms with van der Waals surface area (Å²) in [5, 5.41) is 0. The van der Waals surface area contributed by atoms with Gasteiger partial charge in [-0.3, -0.25) is 4.79 Å². The van der Waals surface area contributed by atoms with Crippen LogP contribution in [0.25, 0.3) is 0 Å². The third-order valence-electron chi connectivity index (χ3n) is 3.93. The zero-order chi connectivity index (χ0) is 17.2. The summed E-state index contributed by atoms with van der Waals surface area (Å²) in [7, 11) is -4.18. The molecule has 23 heavy (non-hydrogen) atoms. The summed E-state index contributed by atoms with van der Waals surface area (Å²) in [5.41, 5.74) is 0. The molecular weight excluding hydrogens is 326 g/mol. The van der Waals surface area contributed by atoms with Gasteiger partial charge in [0, 0.05) is 18.7 Å². The molecule has 8 heteroatoms. The highest BCUT2D eigenvalue weighted by atomic mass is 32.2. The predicted molar refractivity (Wildman–Crippen MR) is 81.2 cm³/mol. The molecule has 1 saturated heterocycles. The van der Waals surface area contributed by atoms with E-state index in [4.69, 9.17) is 0 Å². The third-order valence-corrected chi connectivity index (χ3v) is 5.45. The lowest BCUT2D eigenvalue weighted by atomic mass is 10.0. The molecule has 5 nitrogen and oxygen atoms in total. The van der Waals surface area contributed by atoms with Gasteiger partial charge in [-0.25, -0.2) is 17.2 Å². The maximum Gasteiger partial charge on any atom is 0.241 e. The van der Waals surface area contributed by atoms with Gasteiger partial charge < -0.3 is 4.90 Å². The zero-order valence-corrected chi connectivity index (χ0v) is 13.9. The summed E-state index contributed by atoms with van der Waals surface area (Å²) in [5.74, 6) is -2.32. The van der Waals surface area contributed by atoms with Gasteiger partial charge in [-0.2, -0.15) is 4.72 Å². The summed E-state index contributed by atoms with van der Waals surface area (Å²) in [4.78, 5) is 13.5. The van der Waals surface area contributed by atoms with E-state index < -0.39 is 32.6 Å². The van der Waals surface area contributed by atoms with Gasteiger partial charge >= 0.3 is 0 Å². The molecule has 1 amide bonds. The molecule has 128 valence electrons. The van der Waals surface area contributed by atoms with Gasteiger partial charge in [-0.1, -0.05) is 0 Å². The zero-order valence-electron chi connectivity index (χ0n) is 13.1. The highest BCUT2D eigenvalue weighted by Crippen LogP contribution is 2.18. The van der Waals surface area contributed by atoms with Crippen LogP contribution in [0.1, 0.15) is 33.1 Å². The Labute approximate surface area is 134 Å². The molecule has 1 aromatic carbocycles. The fourth-order valence-electron chi connectivity index (χ4n) is 2.71. The van der Waals surface area contributed by atoms with E-state index in [0.29, 0.717) is 24.7 Å². The summed E-state index contributed by atoms with van der Waals surface area (Å²) in [6.45, 7) is 3.93. The van der Waals surface area contributed by atoms with Crippen molar-refractivity contribution in [3.63, 3.8) is 0 Å². The first kappa shape index (κ1) is 17.8. The minimum absolute atomic E-state index is 0.0508. The Hall–Kier alpha value is -1.54. The second-order valence-electron chi connectivity index (χ2n) is 5.82. The fourth-order valence-corrected chi connectivity index (χ4v) is 3.95. The van der Waals surface area contributed by atoms with Gasteiger partial charge in [-0.05, 0) is 45.2 Å². The van der Waals surface area contributed by atoms with E-state index in [1.165, 1.54) is 6.92 Å². The number of piperidine rings is 1. The van der Waals surface area contributed by atoms with Crippen molar-refractivity contribution in [3.8, 4) is 0 Å². The topological polar surface area (TPSA) is 66.5 Å². The van der Waals surface area contributed by atoms with Crippen molar-refractivity contribution >= 4 is 15.9 Å². The van der Waals surface area contributed by atoms with Crippen molar-refractivity contribution in [1.82, 2.24) is 9.62 Å². The Morgan fingerprint density at radius 1 is 1.26 bits per heavy atom. The Balaban J connectivity index is 2.14. The van der Waals surface area contributed by atoms with Gasteiger partial charge in [0.25, 0.3) is 0 Å². The van der Waals surface area contributed by atoms with Crippen LogP contribution in [0.2, 0.25) is 0 Å². The molecule has 1 aliphatic rings. The number of amides is 1. The van der Waals surface area contributed by atoms with E-state index in [1.54, 1.807) is 4.90 Å². The van der Waals surface area contributed by atoms with Crippen molar-refractivity contribution < 1.29 is 22.0 Å². The summed E-state index contributed by atoms with van der Waals surface area (Å²) in [6.07, 6.45) is 2.79.